The van der Waals surface area contributed by atoms with E-state index in [1.807, 2.05) is 0 Å². The fourth-order valence-electron chi connectivity index (χ4n) is 8.37. The van der Waals surface area contributed by atoms with Gasteiger partial charge in [0.15, 0.2) is 0 Å². The van der Waals surface area contributed by atoms with E-state index in [9.17, 15) is 0 Å². The Labute approximate surface area is 225 Å². The number of halogens is 2. The second kappa shape index (κ2) is 7.80. The Morgan fingerprint density at radius 1 is 0.514 bits per heavy atom. The van der Waals surface area contributed by atoms with Crippen LogP contribution in [0, 0.1) is 0 Å². The van der Waals surface area contributed by atoms with Crippen LogP contribution < -0.4 is 0 Å². The summed E-state index contributed by atoms with van der Waals surface area (Å²) in [7, 11) is 18.1. The Bertz CT molecular complexity index is 1460. The first kappa shape index (κ1) is 24.1. The fourth-order valence-corrected chi connectivity index (χ4v) is 54.5. The quantitative estimate of drug-likeness (QED) is 0.200. The van der Waals surface area contributed by atoms with Crippen molar-refractivity contribution in [3.63, 3.8) is 0 Å². The molecule has 0 heterocycles. The molecule has 4 aromatic carbocycles. The van der Waals surface area contributed by atoms with Crippen LogP contribution in [0.25, 0.3) is 22.3 Å². The maximum atomic E-state index is 9.04. The van der Waals surface area contributed by atoms with Crippen molar-refractivity contribution in [3.05, 3.63) is 144 Å². The zero-order valence-corrected chi connectivity index (χ0v) is 26.2. The molecule has 0 aromatic heterocycles. The molecule has 0 nitrogen and oxygen atoms in total. The standard InChI is InChI=1S/2C13H9.C5H5.C2H7Si.2ClH.Zr/c2*1-3-7-12-10(5-1)9-11-6-2-4-8-13(11)12;1-2-4-5-3-1;1-3-2;;;/h2*1-9H;1-5H;3H,1-2H3;2*1H;/q;;;;;;+2/p-2. The third kappa shape index (κ3) is 2.73. The second-order valence-electron chi connectivity index (χ2n) is 11.6. The van der Waals surface area contributed by atoms with Crippen LogP contribution in [0.3, 0.4) is 0 Å². The third-order valence-electron chi connectivity index (χ3n) is 10.1. The van der Waals surface area contributed by atoms with Gasteiger partial charge >= 0.3 is 227 Å². The summed E-state index contributed by atoms with van der Waals surface area (Å²) in [5.41, 5.74) is 10.5. The molecule has 37 heavy (non-hydrogen) atoms. The third-order valence-corrected chi connectivity index (χ3v) is 79.2. The zero-order valence-electron chi connectivity index (χ0n) is 21.1. The first-order valence-corrected chi connectivity index (χ1v) is 31.1. The molecule has 0 radical (unpaired) electrons. The van der Waals surface area contributed by atoms with Crippen molar-refractivity contribution in [2.45, 2.75) is 24.0 Å². The minimum atomic E-state index is -5.69. The van der Waals surface area contributed by atoms with Gasteiger partial charge in [0, 0.05) is 0 Å². The predicted molar refractivity (Wildman–Crippen MR) is 160 cm³/mol. The van der Waals surface area contributed by atoms with Crippen LogP contribution in [0.15, 0.2) is 121 Å². The molecule has 0 amide bonds. The van der Waals surface area contributed by atoms with E-state index in [1.165, 1.54) is 44.5 Å². The summed E-state index contributed by atoms with van der Waals surface area (Å²) < 4.78 is 0.0139. The molecule has 7 rings (SSSR count). The van der Waals surface area contributed by atoms with Gasteiger partial charge in [0.1, 0.15) is 0 Å². The zero-order chi connectivity index (χ0) is 25.5. The van der Waals surface area contributed by atoms with E-state index >= 15 is 0 Å². The Kier molecular flexibility index (Phi) is 5.08. The van der Waals surface area contributed by atoms with Crippen LogP contribution in [-0.2, 0) is 14.1 Å². The van der Waals surface area contributed by atoms with E-state index < -0.39 is 20.0 Å². The van der Waals surface area contributed by atoms with Crippen molar-refractivity contribution in [2.75, 3.05) is 0 Å². The second-order valence-corrected chi connectivity index (χ2v) is 63.8. The molecule has 0 spiro atoms. The van der Waals surface area contributed by atoms with Gasteiger partial charge in [0.05, 0.1) is 0 Å². The number of benzene rings is 4. The van der Waals surface area contributed by atoms with Crippen LogP contribution in [0.4, 0.5) is 0 Å². The van der Waals surface area contributed by atoms with Crippen molar-refractivity contribution in [3.8, 4) is 22.3 Å². The van der Waals surface area contributed by atoms with E-state index in [0.29, 0.717) is 0 Å². The summed E-state index contributed by atoms with van der Waals surface area (Å²) in [6, 6.07) is 35.6. The maximum absolute atomic E-state index is 9.04. The molecule has 0 N–H and O–H groups in total. The summed E-state index contributed by atoms with van der Waals surface area (Å²) in [4.78, 5) is 0. The molecule has 4 aromatic rings. The van der Waals surface area contributed by atoms with Gasteiger partial charge < -0.3 is 0 Å². The Morgan fingerprint density at radius 3 is 1.11 bits per heavy atom. The van der Waals surface area contributed by atoms with Gasteiger partial charge in [-0.1, -0.05) is 0 Å². The van der Waals surface area contributed by atoms with Crippen molar-refractivity contribution in [2.24, 2.45) is 0 Å². The first-order valence-electron chi connectivity index (χ1n) is 13.3. The van der Waals surface area contributed by atoms with Crippen molar-refractivity contribution in [1.29, 1.82) is 0 Å². The molecular weight excluding hydrogens is 587 g/mol. The van der Waals surface area contributed by atoms with Gasteiger partial charge in [0.2, 0.25) is 0 Å². The number of fused-ring (bicyclic) bond motifs is 6. The van der Waals surface area contributed by atoms with Crippen molar-refractivity contribution < 1.29 is 14.1 Å². The van der Waals surface area contributed by atoms with Crippen LogP contribution >= 0.6 is 17.0 Å². The molecule has 0 saturated carbocycles. The van der Waals surface area contributed by atoms with Gasteiger partial charge in [-0.25, -0.2) is 0 Å². The van der Waals surface area contributed by atoms with E-state index in [1.54, 1.807) is 0 Å². The number of hydrogen-bond acceptors (Lipinski definition) is 0. The summed E-state index contributed by atoms with van der Waals surface area (Å²) in [5.74, 6) is -1.82. The summed E-state index contributed by atoms with van der Waals surface area (Å²) >= 11 is -5.69. The predicted octanol–water partition coefficient (Wildman–Crippen LogP) is 9.96. The normalized spacial score (nSPS) is 18.4. The molecule has 184 valence electrons. The van der Waals surface area contributed by atoms with Gasteiger partial charge in [-0.2, -0.15) is 0 Å². The van der Waals surface area contributed by atoms with Gasteiger partial charge in [-0.15, -0.1) is 0 Å². The number of allylic oxidation sites excluding steroid dienone is 4. The van der Waals surface area contributed by atoms with Gasteiger partial charge in [-0.05, 0) is 0 Å². The van der Waals surface area contributed by atoms with Crippen LogP contribution in [0.5, 0.6) is 0 Å². The first-order chi connectivity index (χ1) is 17.8. The van der Waals surface area contributed by atoms with Gasteiger partial charge in [0.25, 0.3) is 0 Å². The number of rotatable bonds is 4. The summed E-state index contributed by atoms with van der Waals surface area (Å²) in [6.07, 6.45) is 9.05. The number of hydrogen-bond donors (Lipinski definition) is 0. The summed E-state index contributed by atoms with van der Waals surface area (Å²) in [5, 5.41) is 0. The molecule has 0 fully saturated rings. The van der Waals surface area contributed by atoms with Crippen molar-refractivity contribution in [1.82, 2.24) is 0 Å². The SMILES string of the molecule is C[SiH](C)[Zr]([Cl])([Cl])([CH]1C=CC=C1)([CH]1c2ccccc2-c2ccccc21)[CH]1c2ccccc2-c2ccccc21. The van der Waals surface area contributed by atoms with E-state index in [4.69, 9.17) is 17.0 Å². The fraction of sp³-hybridized carbons (Fsp3) is 0.152. The van der Waals surface area contributed by atoms with Crippen molar-refractivity contribution >= 4 is 22.9 Å². The van der Waals surface area contributed by atoms with E-state index in [2.05, 4.69) is 134 Å². The molecule has 0 atom stereocenters. The van der Waals surface area contributed by atoms with E-state index in [0.717, 1.165) is 0 Å². The average molecular weight is 617 g/mol. The molecule has 3 aliphatic carbocycles. The Balaban J connectivity index is 1.71. The molecule has 0 bridgehead atoms. The molecular formula is C33H30Cl2SiZr. The van der Waals surface area contributed by atoms with E-state index in [-0.39, 0.29) is 10.9 Å². The van der Waals surface area contributed by atoms with Crippen LogP contribution in [-0.4, -0.2) is 5.92 Å². The topological polar surface area (TPSA) is 0 Å². The molecule has 4 heteroatoms. The van der Waals surface area contributed by atoms with Gasteiger partial charge in [-0.3, -0.25) is 0 Å². The Hall–Kier alpha value is -1.96. The average Bonchev–Trinajstić information content (AvgIpc) is 3.65. The molecule has 3 aliphatic rings. The summed E-state index contributed by atoms with van der Waals surface area (Å²) in [6.45, 7) is 4.90. The minimum absolute atomic E-state index is 0.00906. The molecule has 0 unspecified atom stereocenters. The van der Waals surface area contributed by atoms with Crippen LogP contribution in [0.2, 0.25) is 16.7 Å². The monoisotopic (exact) mass is 614 g/mol. The molecule has 0 saturated heterocycles. The van der Waals surface area contributed by atoms with Crippen LogP contribution in [0.1, 0.15) is 29.5 Å². The Morgan fingerprint density at radius 2 is 0.811 bits per heavy atom. The molecule has 0 aliphatic heterocycles.